The highest BCUT2D eigenvalue weighted by Crippen LogP contribution is 2.49. The van der Waals surface area contributed by atoms with Crippen molar-refractivity contribution in [3.63, 3.8) is 0 Å². The van der Waals surface area contributed by atoms with Gasteiger partial charge >= 0.3 is 0 Å². The zero-order valence-corrected chi connectivity index (χ0v) is 14.8. The number of rotatable bonds is 1. The number of aromatic nitrogens is 2. The number of nitrogens with zero attached hydrogens (tertiary/aromatic N) is 2. The van der Waals surface area contributed by atoms with Crippen LogP contribution in [0.4, 0.5) is 11.8 Å². The van der Waals surface area contributed by atoms with Crippen LogP contribution in [-0.2, 0) is 0 Å². The van der Waals surface area contributed by atoms with Crippen molar-refractivity contribution in [3.05, 3.63) is 34.9 Å². The fourth-order valence-corrected chi connectivity index (χ4v) is 3.42. The number of halogens is 1. The van der Waals surface area contributed by atoms with E-state index in [1.165, 1.54) is 0 Å². The molecule has 2 aromatic carbocycles. The number of hydrogen-bond donors (Lipinski definition) is 2. The van der Waals surface area contributed by atoms with Gasteiger partial charge in [-0.1, -0.05) is 17.7 Å². The van der Waals surface area contributed by atoms with Crippen LogP contribution in [0, 0.1) is 6.92 Å². The average Bonchev–Trinajstić information content (AvgIpc) is 2.80. The molecule has 0 radical (unpaired) electrons. The first-order valence-electron chi connectivity index (χ1n) is 7.79. The minimum Gasteiger partial charge on any atom is -0.449 e. The summed E-state index contributed by atoms with van der Waals surface area (Å²) >= 11 is 6.29. The van der Waals surface area contributed by atoms with Gasteiger partial charge in [0.05, 0.1) is 5.52 Å². The fourth-order valence-electron chi connectivity index (χ4n) is 3.21. The Morgan fingerprint density at radius 1 is 1.04 bits per heavy atom. The SMILES string of the molecule is Cc1c(-c2cc(Cl)cc3c2OC(C)(C)O3)ccc2nc(N)nc(N)c12. The molecule has 0 unspecified atom stereocenters. The predicted octanol–water partition coefficient (Wildman–Crippen LogP) is 3.93. The van der Waals surface area contributed by atoms with E-state index in [9.17, 15) is 0 Å². The summed E-state index contributed by atoms with van der Waals surface area (Å²) in [5, 5.41) is 1.33. The summed E-state index contributed by atoms with van der Waals surface area (Å²) in [5.41, 5.74) is 15.1. The summed E-state index contributed by atoms with van der Waals surface area (Å²) in [5.74, 6) is 1.03. The number of benzene rings is 2. The summed E-state index contributed by atoms with van der Waals surface area (Å²) < 4.78 is 11.8. The zero-order chi connectivity index (χ0) is 17.9. The molecule has 3 aromatic rings. The molecule has 0 saturated heterocycles. The Labute approximate surface area is 149 Å². The van der Waals surface area contributed by atoms with Crippen molar-refractivity contribution in [1.82, 2.24) is 9.97 Å². The number of fused-ring (bicyclic) bond motifs is 2. The van der Waals surface area contributed by atoms with E-state index in [1.807, 2.05) is 39.0 Å². The van der Waals surface area contributed by atoms with Crippen LogP contribution in [0.15, 0.2) is 24.3 Å². The second kappa shape index (κ2) is 5.13. The van der Waals surface area contributed by atoms with Gasteiger partial charge < -0.3 is 20.9 Å². The lowest BCUT2D eigenvalue weighted by Crippen LogP contribution is -2.29. The number of nitrogens with two attached hydrogens (primary N) is 2. The highest BCUT2D eigenvalue weighted by molar-refractivity contribution is 6.31. The number of hydrogen-bond acceptors (Lipinski definition) is 6. The van der Waals surface area contributed by atoms with Crippen LogP contribution < -0.4 is 20.9 Å². The van der Waals surface area contributed by atoms with Gasteiger partial charge in [0.2, 0.25) is 11.7 Å². The van der Waals surface area contributed by atoms with Gasteiger partial charge in [-0.25, -0.2) is 4.98 Å². The van der Waals surface area contributed by atoms with Crippen molar-refractivity contribution >= 4 is 34.3 Å². The van der Waals surface area contributed by atoms with Crippen LogP contribution in [0.25, 0.3) is 22.0 Å². The maximum atomic E-state index is 6.29. The van der Waals surface area contributed by atoms with E-state index in [2.05, 4.69) is 9.97 Å². The first-order valence-corrected chi connectivity index (χ1v) is 8.17. The summed E-state index contributed by atoms with van der Waals surface area (Å²) in [6.07, 6.45) is 0. The van der Waals surface area contributed by atoms with E-state index in [4.69, 9.17) is 32.5 Å². The Kier molecular flexibility index (Phi) is 3.24. The molecule has 4 rings (SSSR count). The molecule has 1 aromatic heterocycles. The Bertz CT molecular complexity index is 1030. The van der Waals surface area contributed by atoms with Gasteiger partial charge in [0.25, 0.3) is 0 Å². The molecule has 2 heterocycles. The molecule has 7 heteroatoms. The van der Waals surface area contributed by atoms with Crippen LogP contribution >= 0.6 is 11.6 Å². The standard InChI is InChI=1S/C18H17ClN4O2/c1-8-10(4-5-12-14(8)16(20)23-17(21)22-12)11-6-9(19)7-13-15(11)25-18(2,3)24-13/h4-7H,1-3H3,(H4,20,21,22,23). The molecule has 1 aliphatic rings. The third-order valence-corrected chi connectivity index (χ3v) is 4.40. The average molecular weight is 357 g/mol. The second-order valence-electron chi connectivity index (χ2n) is 6.48. The first kappa shape index (κ1) is 15.8. The molecule has 1 aliphatic heterocycles. The van der Waals surface area contributed by atoms with E-state index >= 15 is 0 Å². The molecule has 0 spiro atoms. The zero-order valence-electron chi connectivity index (χ0n) is 14.1. The lowest BCUT2D eigenvalue weighted by atomic mass is 9.96. The van der Waals surface area contributed by atoms with E-state index < -0.39 is 5.79 Å². The van der Waals surface area contributed by atoms with Crippen LogP contribution in [0.2, 0.25) is 5.02 Å². The van der Waals surface area contributed by atoms with E-state index in [0.717, 1.165) is 22.1 Å². The number of ether oxygens (including phenoxy) is 2. The monoisotopic (exact) mass is 356 g/mol. The van der Waals surface area contributed by atoms with Crippen molar-refractivity contribution in [2.24, 2.45) is 0 Å². The molecule has 0 atom stereocenters. The fraction of sp³-hybridized carbons (Fsp3) is 0.222. The van der Waals surface area contributed by atoms with Crippen molar-refractivity contribution in [2.75, 3.05) is 11.5 Å². The van der Waals surface area contributed by atoms with E-state index in [-0.39, 0.29) is 5.95 Å². The van der Waals surface area contributed by atoms with Crippen LogP contribution in [0.5, 0.6) is 11.5 Å². The van der Waals surface area contributed by atoms with Gasteiger partial charge in [-0.15, -0.1) is 0 Å². The van der Waals surface area contributed by atoms with Gasteiger partial charge in [-0.2, -0.15) is 4.98 Å². The molecule has 6 nitrogen and oxygen atoms in total. The maximum absolute atomic E-state index is 6.29. The lowest BCUT2D eigenvalue weighted by molar-refractivity contribution is -0.0429. The van der Waals surface area contributed by atoms with Gasteiger partial charge in [0, 0.05) is 35.9 Å². The van der Waals surface area contributed by atoms with Crippen LogP contribution in [0.1, 0.15) is 19.4 Å². The molecular weight excluding hydrogens is 340 g/mol. The Balaban J connectivity index is 2.00. The Morgan fingerprint density at radius 2 is 1.80 bits per heavy atom. The quantitative estimate of drug-likeness (QED) is 0.685. The lowest BCUT2D eigenvalue weighted by Gasteiger charge is -2.17. The molecule has 0 saturated carbocycles. The number of nitrogen functional groups attached to an aromatic ring is 2. The number of aryl methyl sites for hydroxylation is 1. The van der Waals surface area contributed by atoms with Crippen LogP contribution in [-0.4, -0.2) is 15.8 Å². The van der Waals surface area contributed by atoms with Crippen molar-refractivity contribution < 1.29 is 9.47 Å². The molecule has 25 heavy (non-hydrogen) atoms. The number of anilines is 2. The van der Waals surface area contributed by atoms with Gasteiger partial charge in [-0.3, -0.25) is 0 Å². The topological polar surface area (TPSA) is 96.3 Å². The molecule has 0 aliphatic carbocycles. The van der Waals surface area contributed by atoms with Gasteiger partial charge in [0.1, 0.15) is 5.82 Å². The van der Waals surface area contributed by atoms with E-state index in [0.29, 0.717) is 27.9 Å². The molecule has 0 amide bonds. The third kappa shape index (κ3) is 2.49. The minimum absolute atomic E-state index is 0.152. The van der Waals surface area contributed by atoms with E-state index in [1.54, 1.807) is 6.07 Å². The predicted molar refractivity (Wildman–Crippen MR) is 98.9 cm³/mol. The Morgan fingerprint density at radius 3 is 2.56 bits per heavy atom. The molecular formula is C18H17ClN4O2. The molecule has 0 bridgehead atoms. The smallest absolute Gasteiger partial charge is 0.246 e. The molecule has 128 valence electrons. The second-order valence-corrected chi connectivity index (χ2v) is 6.92. The van der Waals surface area contributed by atoms with Crippen molar-refractivity contribution in [3.8, 4) is 22.6 Å². The highest BCUT2D eigenvalue weighted by Gasteiger charge is 2.34. The Hall–Kier alpha value is -2.73. The largest absolute Gasteiger partial charge is 0.449 e. The highest BCUT2D eigenvalue weighted by atomic mass is 35.5. The summed E-state index contributed by atoms with van der Waals surface area (Å²) in [6.45, 7) is 5.67. The van der Waals surface area contributed by atoms with Crippen molar-refractivity contribution in [2.45, 2.75) is 26.6 Å². The summed E-state index contributed by atoms with van der Waals surface area (Å²) in [4.78, 5) is 8.32. The first-order chi connectivity index (χ1) is 11.7. The molecule has 0 fully saturated rings. The van der Waals surface area contributed by atoms with Gasteiger partial charge in [-0.05, 0) is 30.2 Å². The normalized spacial score (nSPS) is 14.9. The van der Waals surface area contributed by atoms with Gasteiger partial charge in [0.15, 0.2) is 11.5 Å². The molecule has 4 N–H and O–H groups in total. The third-order valence-electron chi connectivity index (χ3n) is 4.18. The summed E-state index contributed by atoms with van der Waals surface area (Å²) in [6, 6.07) is 7.42. The van der Waals surface area contributed by atoms with Crippen LogP contribution in [0.3, 0.4) is 0 Å². The summed E-state index contributed by atoms with van der Waals surface area (Å²) in [7, 11) is 0. The minimum atomic E-state index is -0.747. The van der Waals surface area contributed by atoms with Crippen molar-refractivity contribution in [1.29, 1.82) is 0 Å². The maximum Gasteiger partial charge on any atom is 0.246 e.